The summed E-state index contributed by atoms with van der Waals surface area (Å²) in [6, 6.07) is 41.6. The predicted octanol–water partition coefficient (Wildman–Crippen LogP) is 9.07. The Kier molecular flexibility index (Phi) is 5.23. The van der Waals surface area contributed by atoms with Crippen molar-refractivity contribution in [1.82, 2.24) is 0 Å². The molecule has 0 radical (unpaired) electrons. The molecular formula is C44H36. The van der Waals surface area contributed by atoms with E-state index in [9.17, 15) is 0 Å². The van der Waals surface area contributed by atoms with Crippen LogP contribution in [0.15, 0.2) is 133 Å². The van der Waals surface area contributed by atoms with Crippen LogP contribution < -0.4 is 10.4 Å². The number of hydrogen-bond acceptors (Lipinski definition) is 0. The molecule has 5 aromatic rings. The Morgan fingerprint density at radius 3 is 1.25 bits per heavy atom. The van der Waals surface area contributed by atoms with E-state index in [4.69, 9.17) is 0 Å². The summed E-state index contributed by atoms with van der Waals surface area (Å²) < 4.78 is 0. The van der Waals surface area contributed by atoms with Crippen molar-refractivity contribution in [2.75, 3.05) is 0 Å². The molecule has 0 spiro atoms. The van der Waals surface area contributed by atoms with Crippen molar-refractivity contribution in [2.45, 2.75) is 38.5 Å². The van der Waals surface area contributed by atoms with Gasteiger partial charge in [0.15, 0.2) is 0 Å². The molecule has 0 saturated carbocycles. The third kappa shape index (κ3) is 3.34. The smallest absolute Gasteiger partial charge is 0.0159 e. The lowest BCUT2D eigenvalue weighted by atomic mass is 9.69. The highest BCUT2D eigenvalue weighted by Crippen LogP contribution is 2.52. The van der Waals surface area contributed by atoms with Gasteiger partial charge >= 0.3 is 0 Å². The molecule has 0 nitrogen and oxygen atoms in total. The minimum Gasteiger partial charge on any atom is -0.0760 e. The summed E-state index contributed by atoms with van der Waals surface area (Å²) in [5.41, 5.74) is 16.8. The van der Waals surface area contributed by atoms with Gasteiger partial charge in [-0.3, -0.25) is 0 Å². The van der Waals surface area contributed by atoms with Crippen LogP contribution in [0.1, 0.15) is 61.1 Å². The molecule has 2 unspecified atom stereocenters. The fraction of sp³-hybridized carbons (Fsp3) is 0.182. The van der Waals surface area contributed by atoms with E-state index in [1.807, 2.05) is 0 Å². The predicted molar refractivity (Wildman–Crippen MR) is 184 cm³/mol. The van der Waals surface area contributed by atoms with Gasteiger partial charge in [0.1, 0.15) is 0 Å². The Morgan fingerprint density at radius 1 is 0.409 bits per heavy atom. The van der Waals surface area contributed by atoms with Crippen molar-refractivity contribution in [3.63, 3.8) is 0 Å². The van der Waals surface area contributed by atoms with Gasteiger partial charge in [-0.25, -0.2) is 0 Å². The van der Waals surface area contributed by atoms with Gasteiger partial charge in [-0.2, -0.15) is 0 Å². The molecule has 212 valence electrons. The minimum absolute atomic E-state index is 0.0233. The molecule has 0 aromatic heterocycles. The Hall–Kier alpha value is -4.68. The highest BCUT2D eigenvalue weighted by molar-refractivity contribution is 5.87. The maximum absolute atomic E-state index is 2.50. The fourth-order valence-corrected chi connectivity index (χ4v) is 8.91. The Morgan fingerprint density at radius 2 is 0.795 bits per heavy atom. The van der Waals surface area contributed by atoms with Crippen LogP contribution in [0.25, 0.3) is 33.4 Å². The number of benzene rings is 5. The lowest BCUT2D eigenvalue weighted by Gasteiger charge is -2.34. The van der Waals surface area contributed by atoms with Crippen molar-refractivity contribution in [2.24, 2.45) is 11.8 Å². The van der Waals surface area contributed by atoms with E-state index in [-0.39, 0.29) is 22.7 Å². The second-order valence-corrected chi connectivity index (χ2v) is 14.1. The van der Waals surface area contributed by atoms with Crippen LogP contribution in [-0.2, 0) is 10.8 Å². The fourth-order valence-electron chi connectivity index (χ4n) is 8.91. The summed E-state index contributed by atoms with van der Waals surface area (Å²) >= 11 is 0. The first-order valence-corrected chi connectivity index (χ1v) is 16.0. The standard InChI is InChI=1S/C44H36/c1-43(2)37-19-11-9-13-29(37)31-23-21-27(25-39(31)43)41-33-15-5-7-17-35(33)42(36-18-8-6-16-34(36)41)28-22-24-32-30-14-10-12-20-38(30)44(3,4)40(32)26-28/h5-26,33,35H,1-4H3. The summed E-state index contributed by atoms with van der Waals surface area (Å²) in [7, 11) is 0. The first kappa shape index (κ1) is 25.8. The quantitative estimate of drug-likeness (QED) is 0.201. The minimum atomic E-state index is -0.0233. The van der Waals surface area contributed by atoms with Crippen molar-refractivity contribution in [3.05, 3.63) is 177 Å². The summed E-state index contributed by atoms with van der Waals surface area (Å²) in [6.45, 7) is 9.53. The largest absolute Gasteiger partial charge is 0.0760 e. The SMILES string of the molecule is CC1(C)c2ccccc2-c2ccc(C3=c4ccccc4=C(c4ccc5c(c4)C(C)(C)c4ccccc4-5)C4C=CC=CC34)cc21. The lowest BCUT2D eigenvalue weighted by molar-refractivity contribution is 0.656. The zero-order valence-electron chi connectivity index (χ0n) is 25.9. The van der Waals surface area contributed by atoms with Crippen molar-refractivity contribution >= 4 is 11.1 Å². The molecule has 5 aromatic carbocycles. The maximum Gasteiger partial charge on any atom is 0.0159 e. The molecule has 4 aliphatic rings. The molecule has 0 amide bonds. The van der Waals surface area contributed by atoms with Crippen LogP contribution in [0.4, 0.5) is 0 Å². The molecule has 0 bridgehead atoms. The van der Waals surface area contributed by atoms with Gasteiger partial charge in [0.2, 0.25) is 0 Å². The molecule has 9 rings (SSSR count). The summed E-state index contributed by atoms with van der Waals surface area (Å²) in [5.74, 6) is 0.543. The third-order valence-corrected chi connectivity index (χ3v) is 11.1. The van der Waals surface area contributed by atoms with E-state index in [1.54, 1.807) is 0 Å². The number of hydrogen-bond donors (Lipinski definition) is 0. The van der Waals surface area contributed by atoms with Gasteiger partial charge in [-0.1, -0.05) is 149 Å². The van der Waals surface area contributed by atoms with Crippen molar-refractivity contribution in [1.29, 1.82) is 0 Å². The summed E-state index contributed by atoms with van der Waals surface area (Å²) in [5, 5.41) is 2.72. The van der Waals surface area contributed by atoms with Gasteiger partial charge in [0.25, 0.3) is 0 Å². The van der Waals surface area contributed by atoms with Crippen LogP contribution in [0.5, 0.6) is 0 Å². The van der Waals surface area contributed by atoms with Crippen LogP contribution in [0.2, 0.25) is 0 Å². The van der Waals surface area contributed by atoms with Gasteiger partial charge in [0.05, 0.1) is 0 Å². The summed E-state index contributed by atoms with van der Waals surface area (Å²) in [4.78, 5) is 0. The Bertz CT molecular complexity index is 2070. The summed E-state index contributed by atoms with van der Waals surface area (Å²) in [6.07, 6.45) is 9.39. The Labute approximate surface area is 260 Å². The molecule has 0 fully saturated rings. The van der Waals surface area contributed by atoms with Crippen molar-refractivity contribution < 1.29 is 0 Å². The molecular weight excluding hydrogens is 528 g/mol. The Balaban J connectivity index is 1.30. The number of rotatable bonds is 2. The highest BCUT2D eigenvalue weighted by Gasteiger charge is 2.39. The first-order chi connectivity index (χ1) is 21.4. The molecule has 0 saturated heterocycles. The van der Waals surface area contributed by atoms with E-state index in [0.717, 1.165) is 0 Å². The molecule has 44 heavy (non-hydrogen) atoms. The van der Waals surface area contributed by atoms with Crippen molar-refractivity contribution in [3.8, 4) is 22.3 Å². The van der Waals surface area contributed by atoms with E-state index < -0.39 is 0 Å². The van der Waals surface area contributed by atoms with E-state index in [1.165, 1.54) is 77.2 Å². The highest BCUT2D eigenvalue weighted by atomic mass is 14.4. The number of fused-ring (bicyclic) bond motifs is 8. The second-order valence-electron chi connectivity index (χ2n) is 14.1. The number of allylic oxidation sites excluding steroid dienone is 4. The average Bonchev–Trinajstić information content (AvgIpc) is 3.42. The molecule has 2 atom stereocenters. The van der Waals surface area contributed by atoms with Gasteiger partial charge in [-0.05, 0) is 89.4 Å². The lowest BCUT2D eigenvalue weighted by Crippen LogP contribution is -2.40. The van der Waals surface area contributed by atoms with E-state index in [2.05, 4.69) is 161 Å². The van der Waals surface area contributed by atoms with Crippen LogP contribution in [-0.4, -0.2) is 0 Å². The van der Waals surface area contributed by atoms with Gasteiger partial charge in [-0.15, -0.1) is 0 Å². The molecule has 0 heteroatoms. The van der Waals surface area contributed by atoms with Crippen LogP contribution >= 0.6 is 0 Å². The molecule has 0 heterocycles. The zero-order valence-corrected chi connectivity index (χ0v) is 25.9. The average molecular weight is 565 g/mol. The van der Waals surface area contributed by atoms with Gasteiger partial charge in [0, 0.05) is 22.7 Å². The molecule has 0 N–H and O–H groups in total. The van der Waals surface area contributed by atoms with Crippen LogP contribution in [0.3, 0.4) is 0 Å². The third-order valence-electron chi connectivity index (χ3n) is 11.1. The second kappa shape index (κ2) is 8.93. The van der Waals surface area contributed by atoms with E-state index >= 15 is 0 Å². The normalized spacial score (nSPS) is 20.8. The van der Waals surface area contributed by atoms with Gasteiger partial charge < -0.3 is 0 Å². The van der Waals surface area contributed by atoms with E-state index in [0.29, 0.717) is 0 Å². The molecule has 0 aliphatic heterocycles. The monoisotopic (exact) mass is 564 g/mol. The maximum atomic E-state index is 2.50. The zero-order chi connectivity index (χ0) is 29.8. The van der Waals surface area contributed by atoms with Crippen LogP contribution in [0, 0.1) is 11.8 Å². The molecule has 4 aliphatic carbocycles. The topological polar surface area (TPSA) is 0 Å². The first-order valence-electron chi connectivity index (χ1n) is 16.0.